The normalized spacial score (nSPS) is 9.04. The third-order valence-electron chi connectivity index (χ3n) is 3.63. The highest BCUT2D eigenvalue weighted by molar-refractivity contribution is 5.91. The van der Waals surface area contributed by atoms with Gasteiger partial charge >= 0.3 is 0 Å². The number of fused-ring (bicyclic) bond motifs is 1. The van der Waals surface area contributed by atoms with Gasteiger partial charge < -0.3 is 0 Å². The maximum Gasteiger partial charge on any atom is -0.00297 e. The first-order chi connectivity index (χ1) is 11.2. The van der Waals surface area contributed by atoms with E-state index in [1.54, 1.807) is 6.92 Å². The van der Waals surface area contributed by atoms with Crippen molar-refractivity contribution in [2.24, 2.45) is 0 Å². The molecule has 0 unspecified atom stereocenters. The van der Waals surface area contributed by atoms with E-state index in [1.165, 1.54) is 33.0 Å². The van der Waals surface area contributed by atoms with Gasteiger partial charge in [-0.05, 0) is 53.8 Å². The van der Waals surface area contributed by atoms with Gasteiger partial charge in [0.05, 0.1) is 0 Å². The Kier molecular flexibility index (Phi) is 7.64. The second-order valence-electron chi connectivity index (χ2n) is 5.06. The van der Waals surface area contributed by atoms with Crippen LogP contribution in [0.2, 0.25) is 0 Å². The quantitative estimate of drug-likeness (QED) is 0.434. The number of benzene rings is 3. The van der Waals surface area contributed by atoms with E-state index in [9.17, 15) is 0 Å². The molecule has 0 amide bonds. The molecule has 0 bridgehead atoms. The van der Waals surface area contributed by atoms with Crippen molar-refractivity contribution in [3.63, 3.8) is 0 Å². The van der Waals surface area contributed by atoms with Crippen LogP contribution in [0.5, 0.6) is 0 Å². The molecule has 0 heterocycles. The first-order valence-corrected chi connectivity index (χ1v) is 8.10. The highest BCUT2D eigenvalue weighted by Crippen LogP contribution is 2.31. The summed E-state index contributed by atoms with van der Waals surface area (Å²) >= 11 is 0. The van der Waals surface area contributed by atoms with Crippen LogP contribution < -0.4 is 0 Å². The molecule has 0 heteroatoms. The van der Waals surface area contributed by atoms with E-state index >= 15 is 0 Å². The van der Waals surface area contributed by atoms with E-state index in [-0.39, 0.29) is 0 Å². The minimum absolute atomic E-state index is 1.31. The SMILES string of the molecule is C#CC.CC.Cc1ccccc1-c1ccc2ccccc2c1C. The Balaban J connectivity index is 0.000000477. The predicted molar refractivity (Wildman–Crippen MR) is 105 cm³/mol. The molecule has 3 aromatic rings. The summed E-state index contributed by atoms with van der Waals surface area (Å²) in [6.07, 6.45) is 4.60. The standard InChI is InChI=1S/C18H16.C3H4.C2H6/c1-13-7-3-5-9-16(13)18-12-11-15-8-4-6-10-17(15)14(18)2;1-3-2;1-2/h3-12H,1-2H3;1H,2H3;1-2H3. The van der Waals surface area contributed by atoms with Crippen LogP contribution in [0.25, 0.3) is 21.9 Å². The zero-order valence-electron chi connectivity index (χ0n) is 14.9. The number of rotatable bonds is 1. The molecule has 0 aromatic heterocycles. The number of hydrogen-bond donors (Lipinski definition) is 0. The highest BCUT2D eigenvalue weighted by Gasteiger charge is 2.06. The Morgan fingerprint density at radius 2 is 1.30 bits per heavy atom. The van der Waals surface area contributed by atoms with Crippen LogP contribution in [0.4, 0.5) is 0 Å². The molecule has 0 aliphatic heterocycles. The molecule has 0 spiro atoms. The van der Waals surface area contributed by atoms with E-state index < -0.39 is 0 Å². The molecule has 0 aliphatic carbocycles. The molecular formula is C23H26. The lowest BCUT2D eigenvalue weighted by Crippen LogP contribution is -1.88. The summed E-state index contributed by atoms with van der Waals surface area (Å²) in [7, 11) is 0. The molecule has 0 aliphatic rings. The zero-order valence-corrected chi connectivity index (χ0v) is 14.9. The van der Waals surface area contributed by atoms with Crippen LogP contribution in [0.3, 0.4) is 0 Å². The van der Waals surface area contributed by atoms with Crippen molar-refractivity contribution in [3.8, 4) is 23.5 Å². The third-order valence-corrected chi connectivity index (χ3v) is 3.63. The topological polar surface area (TPSA) is 0 Å². The first-order valence-electron chi connectivity index (χ1n) is 8.10. The van der Waals surface area contributed by atoms with Gasteiger partial charge in [0.15, 0.2) is 0 Å². The van der Waals surface area contributed by atoms with Crippen molar-refractivity contribution in [1.82, 2.24) is 0 Å². The van der Waals surface area contributed by atoms with E-state index in [4.69, 9.17) is 0 Å². The van der Waals surface area contributed by atoms with Gasteiger partial charge in [0.2, 0.25) is 0 Å². The smallest absolute Gasteiger partial charge is 0.00297 e. The van der Waals surface area contributed by atoms with Gasteiger partial charge in [0.25, 0.3) is 0 Å². The Labute approximate surface area is 141 Å². The van der Waals surface area contributed by atoms with Crippen LogP contribution in [0.1, 0.15) is 31.9 Å². The lowest BCUT2D eigenvalue weighted by molar-refractivity contribution is 1.43. The average molecular weight is 302 g/mol. The maximum atomic E-state index is 4.60. The molecule has 3 rings (SSSR count). The van der Waals surface area contributed by atoms with E-state index in [0.29, 0.717) is 0 Å². The highest BCUT2D eigenvalue weighted by atomic mass is 14.1. The first kappa shape index (κ1) is 18.5. The maximum absolute atomic E-state index is 4.60. The van der Waals surface area contributed by atoms with Crippen molar-refractivity contribution in [2.45, 2.75) is 34.6 Å². The van der Waals surface area contributed by atoms with Gasteiger partial charge in [0, 0.05) is 0 Å². The fourth-order valence-electron chi connectivity index (χ4n) is 2.59. The van der Waals surface area contributed by atoms with Crippen molar-refractivity contribution in [1.29, 1.82) is 0 Å². The molecule has 0 N–H and O–H groups in total. The lowest BCUT2D eigenvalue weighted by atomic mass is 9.93. The molecule has 23 heavy (non-hydrogen) atoms. The van der Waals surface area contributed by atoms with E-state index in [0.717, 1.165) is 0 Å². The summed E-state index contributed by atoms with van der Waals surface area (Å²) in [6, 6.07) is 21.6. The molecule has 0 saturated heterocycles. The minimum Gasteiger partial charge on any atom is -0.120 e. The molecule has 0 atom stereocenters. The molecule has 118 valence electrons. The number of terminal acetylenes is 1. The van der Waals surface area contributed by atoms with Crippen molar-refractivity contribution in [2.75, 3.05) is 0 Å². The second kappa shape index (κ2) is 9.49. The monoisotopic (exact) mass is 302 g/mol. The fraction of sp³-hybridized carbons (Fsp3) is 0.217. The van der Waals surface area contributed by atoms with Crippen molar-refractivity contribution in [3.05, 3.63) is 71.8 Å². The molecule has 0 fully saturated rings. The van der Waals surface area contributed by atoms with Crippen LogP contribution in [-0.2, 0) is 0 Å². The van der Waals surface area contributed by atoms with Gasteiger partial charge in [-0.3, -0.25) is 0 Å². The third kappa shape index (κ3) is 4.47. The van der Waals surface area contributed by atoms with Crippen molar-refractivity contribution >= 4 is 10.8 Å². The summed E-state index contributed by atoms with van der Waals surface area (Å²) < 4.78 is 0. The summed E-state index contributed by atoms with van der Waals surface area (Å²) in [5, 5.41) is 2.66. The van der Waals surface area contributed by atoms with Gasteiger partial charge in [-0.15, -0.1) is 12.3 Å². The summed E-state index contributed by atoms with van der Waals surface area (Å²) in [5.41, 5.74) is 5.37. The summed E-state index contributed by atoms with van der Waals surface area (Å²) in [5.74, 6) is 2.25. The number of hydrogen-bond acceptors (Lipinski definition) is 0. The van der Waals surface area contributed by atoms with Gasteiger partial charge in [-0.2, -0.15) is 0 Å². The summed E-state index contributed by atoms with van der Waals surface area (Å²) in [4.78, 5) is 0. The predicted octanol–water partition coefficient (Wildman–Crippen LogP) is 6.79. The summed E-state index contributed by atoms with van der Waals surface area (Å²) in [6.45, 7) is 10.0. The van der Waals surface area contributed by atoms with Crippen LogP contribution >= 0.6 is 0 Å². The van der Waals surface area contributed by atoms with Gasteiger partial charge in [0.1, 0.15) is 0 Å². The molecule has 3 aromatic carbocycles. The molecule has 0 saturated carbocycles. The average Bonchev–Trinajstić information content (AvgIpc) is 2.59. The molecule has 0 radical (unpaired) electrons. The Morgan fingerprint density at radius 3 is 1.96 bits per heavy atom. The van der Waals surface area contributed by atoms with Gasteiger partial charge in [-0.25, -0.2) is 0 Å². The second-order valence-corrected chi connectivity index (χ2v) is 5.06. The minimum atomic E-state index is 1.31. The zero-order chi connectivity index (χ0) is 17.2. The van der Waals surface area contributed by atoms with Crippen LogP contribution in [-0.4, -0.2) is 0 Å². The van der Waals surface area contributed by atoms with E-state index in [1.807, 2.05) is 13.8 Å². The largest absolute Gasteiger partial charge is 0.120 e. The molecular weight excluding hydrogens is 276 g/mol. The van der Waals surface area contributed by atoms with E-state index in [2.05, 4.69) is 86.9 Å². The van der Waals surface area contributed by atoms with Crippen molar-refractivity contribution < 1.29 is 0 Å². The van der Waals surface area contributed by atoms with Crippen LogP contribution in [0.15, 0.2) is 60.7 Å². The lowest BCUT2D eigenvalue weighted by Gasteiger charge is -2.11. The van der Waals surface area contributed by atoms with Gasteiger partial charge in [-0.1, -0.05) is 74.5 Å². The molecule has 0 nitrogen and oxygen atoms in total. The van der Waals surface area contributed by atoms with Crippen LogP contribution in [0, 0.1) is 26.2 Å². The Morgan fingerprint density at radius 1 is 0.739 bits per heavy atom. The fourth-order valence-corrected chi connectivity index (χ4v) is 2.59. The number of aryl methyl sites for hydroxylation is 2. The Bertz CT molecular complexity index is 788. The Hall–Kier alpha value is -2.52.